The van der Waals surface area contributed by atoms with Crippen LogP contribution >= 0.6 is 0 Å². The minimum atomic E-state index is 0.104. The molecular weight excluding hydrogens is 342 g/mol. The second kappa shape index (κ2) is 8.80. The predicted octanol–water partition coefficient (Wildman–Crippen LogP) is 3.69. The number of benzene rings is 2. The molecule has 1 amide bonds. The molecule has 1 heterocycles. The molecule has 1 fully saturated rings. The van der Waals surface area contributed by atoms with Gasteiger partial charge in [-0.25, -0.2) is 0 Å². The molecule has 5 heteroatoms. The van der Waals surface area contributed by atoms with Crippen LogP contribution in [-0.4, -0.2) is 38.7 Å². The van der Waals surface area contributed by atoms with Crippen LogP contribution in [0.3, 0.4) is 0 Å². The summed E-state index contributed by atoms with van der Waals surface area (Å²) in [6, 6.07) is 14.2. The number of rotatable bonds is 8. The van der Waals surface area contributed by atoms with Crippen molar-refractivity contribution in [1.29, 1.82) is 0 Å². The number of aryl methyl sites for hydroxylation is 1. The molecule has 1 atom stereocenters. The monoisotopic (exact) mass is 369 g/mol. The number of ether oxygens (including phenoxy) is 3. The topological polar surface area (TPSA) is 48.0 Å². The molecular formula is C22H27NO4. The lowest BCUT2D eigenvalue weighted by Crippen LogP contribution is -2.27. The fraction of sp³-hybridized carbons (Fsp3) is 0.409. The highest BCUT2D eigenvalue weighted by molar-refractivity contribution is 5.81. The lowest BCUT2D eigenvalue weighted by molar-refractivity contribution is -0.131. The Hall–Kier alpha value is -2.69. The van der Waals surface area contributed by atoms with Gasteiger partial charge in [0.15, 0.2) is 11.5 Å². The lowest BCUT2D eigenvalue weighted by atomic mass is 9.98. The van der Waals surface area contributed by atoms with Crippen LogP contribution in [-0.2, 0) is 17.8 Å². The number of methoxy groups -OCH3 is 3. The largest absolute Gasteiger partial charge is 0.493 e. The van der Waals surface area contributed by atoms with E-state index in [9.17, 15) is 4.79 Å². The molecule has 2 aromatic carbocycles. The minimum Gasteiger partial charge on any atom is -0.493 e. The van der Waals surface area contributed by atoms with E-state index >= 15 is 0 Å². The van der Waals surface area contributed by atoms with E-state index in [4.69, 9.17) is 14.2 Å². The third kappa shape index (κ3) is 4.35. The molecule has 1 aliphatic rings. The van der Waals surface area contributed by atoms with Gasteiger partial charge in [-0.15, -0.1) is 0 Å². The Morgan fingerprint density at radius 3 is 2.22 bits per heavy atom. The molecule has 1 unspecified atom stereocenters. The molecule has 3 rings (SSSR count). The van der Waals surface area contributed by atoms with Gasteiger partial charge >= 0.3 is 0 Å². The Labute approximate surface area is 160 Å². The van der Waals surface area contributed by atoms with E-state index in [0.717, 1.165) is 31.4 Å². The summed E-state index contributed by atoms with van der Waals surface area (Å²) in [5.41, 5.74) is 2.26. The van der Waals surface area contributed by atoms with Crippen LogP contribution in [0, 0.1) is 5.92 Å². The third-order valence-corrected chi connectivity index (χ3v) is 5.13. The van der Waals surface area contributed by atoms with Gasteiger partial charge in [-0.1, -0.05) is 30.3 Å². The molecule has 144 valence electrons. The molecule has 27 heavy (non-hydrogen) atoms. The average molecular weight is 369 g/mol. The van der Waals surface area contributed by atoms with E-state index in [-0.39, 0.29) is 11.8 Å². The van der Waals surface area contributed by atoms with Gasteiger partial charge < -0.3 is 19.1 Å². The highest BCUT2D eigenvalue weighted by Crippen LogP contribution is 2.39. The number of nitrogens with zero attached hydrogens (tertiary/aromatic N) is 1. The first-order valence-corrected chi connectivity index (χ1v) is 9.27. The molecule has 0 bridgehead atoms. The number of hydrogen-bond acceptors (Lipinski definition) is 4. The van der Waals surface area contributed by atoms with Crippen molar-refractivity contribution >= 4 is 5.91 Å². The van der Waals surface area contributed by atoms with Gasteiger partial charge in [0.05, 0.1) is 21.3 Å². The minimum absolute atomic E-state index is 0.104. The van der Waals surface area contributed by atoms with Gasteiger partial charge in [-0.3, -0.25) is 4.79 Å². The third-order valence-electron chi connectivity index (χ3n) is 5.13. The van der Waals surface area contributed by atoms with E-state index in [2.05, 4.69) is 12.1 Å². The van der Waals surface area contributed by atoms with Crippen molar-refractivity contribution in [3.05, 3.63) is 53.6 Å². The molecule has 0 spiro atoms. The van der Waals surface area contributed by atoms with Crippen LogP contribution < -0.4 is 14.2 Å². The van der Waals surface area contributed by atoms with Gasteiger partial charge in [0.2, 0.25) is 11.7 Å². The summed E-state index contributed by atoms with van der Waals surface area (Å²) in [4.78, 5) is 14.7. The molecule has 0 aliphatic carbocycles. The van der Waals surface area contributed by atoms with Gasteiger partial charge in [0.1, 0.15) is 0 Å². The number of carbonyl (C=O) groups is 1. The van der Waals surface area contributed by atoms with Crippen molar-refractivity contribution in [2.75, 3.05) is 27.9 Å². The highest BCUT2D eigenvalue weighted by Gasteiger charge is 2.31. The maximum absolute atomic E-state index is 12.8. The number of amides is 1. The van der Waals surface area contributed by atoms with Crippen LogP contribution in [0.2, 0.25) is 0 Å². The SMILES string of the molecule is COc1cc(CN2CCC(CCc3ccccc3)C2=O)cc(OC)c1OC. The number of carbonyl (C=O) groups excluding carboxylic acids is 1. The highest BCUT2D eigenvalue weighted by atomic mass is 16.5. The summed E-state index contributed by atoms with van der Waals surface area (Å²) >= 11 is 0. The van der Waals surface area contributed by atoms with Crippen LogP contribution in [0.4, 0.5) is 0 Å². The fourth-order valence-corrected chi connectivity index (χ4v) is 3.66. The lowest BCUT2D eigenvalue weighted by Gasteiger charge is -2.19. The van der Waals surface area contributed by atoms with Crippen molar-refractivity contribution in [1.82, 2.24) is 4.90 Å². The summed E-state index contributed by atoms with van der Waals surface area (Å²) in [7, 11) is 4.78. The predicted molar refractivity (Wildman–Crippen MR) is 104 cm³/mol. The number of hydrogen-bond donors (Lipinski definition) is 0. The molecule has 0 aromatic heterocycles. The molecule has 0 radical (unpaired) electrons. The number of likely N-dealkylation sites (tertiary alicyclic amines) is 1. The average Bonchev–Trinajstić information content (AvgIpc) is 3.05. The summed E-state index contributed by atoms with van der Waals surface area (Å²) in [5.74, 6) is 2.13. The molecule has 5 nitrogen and oxygen atoms in total. The van der Waals surface area contributed by atoms with Crippen LogP contribution in [0.25, 0.3) is 0 Å². The molecule has 0 N–H and O–H groups in total. The fourth-order valence-electron chi connectivity index (χ4n) is 3.66. The summed E-state index contributed by atoms with van der Waals surface area (Å²) in [6.07, 6.45) is 2.75. The normalized spacial score (nSPS) is 16.5. The first kappa shape index (κ1) is 19.1. The Bertz CT molecular complexity index is 750. The van der Waals surface area contributed by atoms with Crippen molar-refractivity contribution < 1.29 is 19.0 Å². The van der Waals surface area contributed by atoms with E-state index in [1.165, 1.54) is 5.56 Å². The Morgan fingerprint density at radius 1 is 0.963 bits per heavy atom. The first-order chi connectivity index (χ1) is 13.2. The maximum atomic E-state index is 12.8. The van der Waals surface area contributed by atoms with Crippen molar-refractivity contribution in [3.63, 3.8) is 0 Å². The first-order valence-electron chi connectivity index (χ1n) is 9.27. The van der Waals surface area contributed by atoms with Crippen LogP contribution in [0.5, 0.6) is 17.2 Å². The summed E-state index contributed by atoms with van der Waals surface area (Å²) in [5, 5.41) is 0. The molecule has 2 aromatic rings. The summed E-state index contributed by atoms with van der Waals surface area (Å²) in [6.45, 7) is 1.34. The Kier molecular flexibility index (Phi) is 6.22. The second-order valence-electron chi connectivity index (χ2n) is 6.80. The standard InChI is InChI=1S/C22H27NO4/c1-25-19-13-17(14-20(26-2)21(19)27-3)15-23-12-11-18(22(23)24)10-9-16-7-5-4-6-8-16/h4-8,13-14,18H,9-12,15H2,1-3H3. The van der Waals surface area contributed by atoms with Crippen molar-refractivity contribution in [2.45, 2.75) is 25.8 Å². The van der Waals surface area contributed by atoms with Crippen molar-refractivity contribution in [3.8, 4) is 17.2 Å². The summed E-state index contributed by atoms with van der Waals surface area (Å²) < 4.78 is 16.2. The van der Waals surface area contributed by atoms with Gasteiger partial charge in [0, 0.05) is 19.0 Å². The Morgan fingerprint density at radius 2 is 1.63 bits per heavy atom. The second-order valence-corrected chi connectivity index (χ2v) is 6.80. The quantitative estimate of drug-likeness (QED) is 0.712. The zero-order chi connectivity index (χ0) is 19.2. The Balaban J connectivity index is 1.65. The molecule has 0 saturated carbocycles. The smallest absolute Gasteiger partial charge is 0.226 e. The molecule has 1 saturated heterocycles. The van der Waals surface area contributed by atoms with E-state index in [1.54, 1.807) is 21.3 Å². The van der Waals surface area contributed by atoms with Crippen LogP contribution in [0.15, 0.2) is 42.5 Å². The molecule has 1 aliphatic heterocycles. The van der Waals surface area contributed by atoms with Crippen molar-refractivity contribution in [2.24, 2.45) is 5.92 Å². The zero-order valence-corrected chi connectivity index (χ0v) is 16.2. The van der Waals surface area contributed by atoms with E-state index in [0.29, 0.717) is 23.8 Å². The van der Waals surface area contributed by atoms with Gasteiger partial charge in [0.25, 0.3) is 0 Å². The van der Waals surface area contributed by atoms with Crippen LogP contribution in [0.1, 0.15) is 24.0 Å². The van der Waals surface area contributed by atoms with E-state index < -0.39 is 0 Å². The van der Waals surface area contributed by atoms with E-state index in [1.807, 2.05) is 35.2 Å². The van der Waals surface area contributed by atoms with Gasteiger partial charge in [-0.05, 0) is 42.5 Å². The maximum Gasteiger partial charge on any atom is 0.226 e. The van der Waals surface area contributed by atoms with Gasteiger partial charge in [-0.2, -0.15) is 0 Å². The zero-order valence-electron chi connectivity index (χ0n) is 16.2.